The van der Waals surface area contributed by atoms with Gasteiger partial charge in [0.15, 0.2) is 6.29 Å². The maximum Gasteiger partial charge on any atom is 0.184 e. The normalized spacial score (nSPS) is 20.4. The molecule has 0 bridgehead atoms. The van der Waals surface area contributed by atoms with Crippen molar-refractivity contribution < 1.29 is 29.5 Å². The van der Waals surface area contributed by atoms with Gasteiger partial charge in [-0.1, -0.05) is 92.6 Å². The molecule has 3 aromatic rings. The standard InChI is InChI=1S/C35H47NO6/c1-2-3-6-12-28-18-20-30(21-19-28)40-24-23-36(22-11-15-27-13-7-4-8-14-27)25-31(37)33(39)34-32(38)26-41-35(42-34)29-16-9-5-10-17-29/h4-5,7-10,13-14,16-21,31-35,37-39H,2-3,6,11-12,15,22-26H2,1H3/t31-,32+,33+,34+,35?/m0/s1. The third-order valence-corrected chi connectivity index (χ3v) is 7.78. The molecule has 3 aromatic carbocycles. The predicted molar refractivity (Wildman–Crippen MR) is 164 cm³/mol. The fraction of sp³-hybridized carbons (Fsp3) is 0.486. The van der Waals surface area contributed by atoms with Crippen LogP contribution in [0.4, 0.5) is 0 Å². The van der Waals surface area contributed by atoms with E-state index in [9.17, 15) is 15.3 Å². The molecule has 228 valence electrons. The monoisotopic (exact) mass is 577 g/mol. The van der Waals surface area contributed by atoms with E-state index < -0.39 is 30.7 Å². The van der Waals surface area contributed by atoms with Gasteiger partial charge < -0.3 is 29.5 Å². The molecule has 0 saturated carbocycles. The van der Waals surface area contributed by atoms with E-state index in [0.717, 1.165) is 37.1 Å². The molecule has 7 nitrogen and oxygen atoms in total. The van der Waals surface area contributed by atoms with Crippen LogP contribution in [0.5, 0.6) is 5.75 Å². The van der Waals surface area contributed by atoms with Gasteiger partial charge in [0.2, 0.25) is 0 Å². The Bertz CT molecular complexity index is 1130. The Hall–Kier alpha value is -2.78. The van der Waals surface area contributed by atoms with Crippen LogP contribution in [-0.2, 0) is 22.3 Å². The molecule has 1 aliphatic heterocycles. The number of ether oxygens (including phenoxy) is 3. The molecule has 7 heteroatoms. The van der Waals surface area contributed by atoms with Gasteiger partial charge in [0.1, 0.15) is 30.7 Å². The lowest BCUT2D eigenvalue weighted by atomic mass is 10.0. The van der Waals surface area contributed by atoms with E-state index in [-0.39, 0.29) is 13.2 Å². The van der Waals surface area contributed by atoms with E-state index >= 15 is 0 Å². The van der Waals surface area contributed by atoms with Crippen molar-refractivity contribution in [1.29, 1.82) is 0 Å². The first-order chi connectivity index (χ1) is 20.5. The highest BCUT2D eigenvalue weighted by Crippen LogP contribution is 2.29. The van der Waals surface area contributed by atoms with Crippen LogP contribution in [0.3, 0.4) is 0 Å². The van der Waals surface area contributed by atoms with Crippen LogP contribution in [-0.4, -0.2) is 77.5 Å². The summed E-state index contributed by atoms with van der Waals surface area (Å²) in [5.41, 5.74) is 3.38. The van der Waals surface area contributed by atoms with Gasteiger partial charge in [-0.25, -0.2) is 0 Å². The number of rotatable bonds is 17. The molecule has 4 rings (SSSR count). The van der Waals surface area contributed by atoms with Crippen LogP contribution in [0.15, 0.2) is 84.9 Å². The molecule has 0 aromatic heterocycles. The van der Waals surface area contributed by atoms with Crippen molar-refractivity contribution in [3.63, 3.8) is 0 Å². The van der Waals surface area contributed by atoms with Gasteiger partial charge in [0, 0.05) is 18.7 Å². The number of unbranched alkanes of at least 4 members (excludes halogenated alkanes) is 2. The lowest BCUT2D eigenvalue weighted by molar-refractivity contribution is -0.283. The van der Waals surface area contributed by atoms with E-state index in [0.29, 0.717) is 13.2 Å². The molecule has 1 fully saturated rings. The van der Waals surface area contributed by atoms with Gasteiger partial charge in [0.25, 0.3) is 0 Å². The average Bonchev–Trinajstić information content (AvgIpc) is 3.02. The Morgan fingerprint density at radius 1 is 0.833 bits per heavy atom. The van der Waals surface area contributed by atoms with Crippen LogP contribution in [0, 0.1) is 0 Å². The molecule has 0 spiro atoms. The van der Waals surface area contributed by atoms with Gasteiger partial charge in [0.05, 0.1) is 12.7 Å². The summed E-state index contributed by atoms with van der Waals surface area (Å²) < 4.78 is 17.6. The minimum Gasteiger partial charge on any atom is -0.492 e. The second-order valence-electron chi connectivity index (χ2n) is 11.1. The quantitative estimate of drug-likeness (QED) is 0.196. The number of nitrogens with zero attached hydrogens (tertiary/aromatic N) is 1. The lowest BCUT2D eigenvalue weighted by Crippen LogP contribution is -2.54. The molecule has 1 saturated heterocycles. The zero-order valence-corrected chi connectivity index (χ0v) is 24.8. The number of aryl methyl sites for hydroxylation is 2. The van der Waals surface area contributed by atoms with E-state index in [1.807, 2.05) is 60.7 Å². The summed E-state index contributed by atoms with van der Waals surface area (Å²) in [5, 5.41) is 32.7. The third kappa shape index (κ3) is 10.2. The molecule has 1 heterocycles. The molecule has 0 amide bonds. The lowest BCUT2D eigenvalue weighted by Gasteiger charge is -2.38. The second kappa shape index (κ2) is 17.4. The molecule has 1 aliphatic rings. The van der Waals surface area contributed by atoms with Crippen molar-refractivity contribution in [2.75, 3.05) is 32.8 Å². The summed E-state index contributed by atoms with van der Waals surface area (Å²) in [6.45, 7) is 4.21. The van der Waals surface area contributed by atoms with Gasteiger partial charge in [-0.2, -0.15) is 0 Å². The summed E-state index contributed by atoms with van der Waals surface area (Å²) in [5.74, 6) is 0.824. The summed E-state index contributed by atoms with van der Waals surface area (Å²) in [4.78, 5) is 2.11. The number of aliphatic hydroxyl groups is 3. The highest BCUT2D eigenvalue weighted by atomic mass is 16.7. The maximum absolute atomic E-state index is 11.1. The largest absolute Gasteiger partial charge is 0.492 e. The smallest absolute Gasteiger partial charge is 0.184 e. The maximum atomic E-state index is 11.1. The number of aliphatic hydroxyl groups excluding tert-OH is 3. The van der Waals surface area contributed by atoms with Crippen molar-refractivity contribution in [3.05, 3.63) is 102 Å². The molecule has 42 heavy (non-hydrogen) atoms. The summed E-state index contributed by atoms with van der Waals surface area (Å²) >= 11 is 0. The molecule has 0 radical (unpaired) electrons. The SMILES string of the molecule is CCCCCc1ccc(OCCN(CCCc2ccccc2)C[C@H](O)[C@@H](O)[C@@H]2OC(c3ccccc3)OC[C@H]2O)cc1. The van der Waals surface area contributed by atoms with Crippen LogP contribution < -0.4 is 4.74 Å². The van der Waals surface area contributed by atoms with Crippen LogP contribution >= 0.6 is 0 Å². The van der Waals surface area contributed by atoms with Gasteiger partial charge in [-0.05, 0) is 55.5 Å². The van der Waals surface area contributed by atoms with E-state index in [4.69, 9.17) is 14.2 Å². The number of hydrogen-bond acceptors (Lipinski definition) is 7. The Kier molecular flexibility index (Phi) is 13.3. The van der Waals surface area contributed by atoms with Gasteiger partial charge in [-0.3, -0.25) is 4.90 Å². The minimum absolute atomic E-state index is 0.0139. The number of hydrogen-bond donors (Lipinski definition) is 3. The van der Waals surface area contributed by atoms with E-state index in [2.05, 4.69) is 36.1 Å². The van der Waals surface area contributed by atoms with Crippen molar-refractivity contribution in [2.45, 2.75) is 76.2 Å². The summed E-state index contributed by atoms with van der Waals surface area (Å²) in [6.07, 6.45) is 1.40. The van der Waals surface area contributed by atoms with Crippen LogP contribution in [0.1, 0.15) is 55.6 Å². The Morgan fingerprint density at radius 3 is 2.21 bits per heavy atom. The average molecular weight is 578 g/mol. The van der Waals surface area contributed by atoms with Crippen LogP contribution in [0.2, 0.25) is 0 Å². The molecule has 5 atom stereocenters. The molecule has 1 unspecified atom stereocenters. The zero-order valence-electron chi connectivity index (χ0n) is 24.8. The first-order valence-corrected chi connectivity index (χ1v) is 15.4. The van der Waals surface area contributed by atoms with E-state index in [1.165, 1.54) is 30.4 Å². The molecule has 0 aliphatic carbocycles. The highest BCUT2D eigenvalue weighted by Gasteiger charge is 2.39. The Balaban J connectivity index is 1.32. The first-order valence-electron chi connectivity index (χ1n) is 15.4. The fourth-order valence-corrected chi connectivity index (χ4v) is 5.31. The van der Waals surface area contributed by atoms with Crippen molar-refractivity contribution in [2.24, 2.45) is 0 Å². The topological polar surface area (TPSA) is 91.6 Å². The number of benzene rings is 3. The van der Waals surface area contributed by atoms with Crippen molar-refractivity contribution in [3.8, 4) is 5.75 Å². The summed E-state index contributed by atoms with van der Waals surface area (Å²) in [7, 11) is 0. The molecular weight excluding hydrogens is 530 g/mol. The fourth-order valence-electron chi connectivity index (χ4n) is 5.31. The minimum atomic E-state index is -1.28. The van der Waals surface area contributed by atoms with Gasteiger partial charge >= 0.3 is 0 Å². The second-order valence-corrected chi connectivity index (χ2v) is 11.1. The highest BCUT2D eigenvalue weighted by molar-refractivity contribution is 5.27. The Labute approximate surface area is 250 Å². The molecular formula is C35H47NO6. The van der Waals surface area contributed by atoms with Crippen LogP contribution in [0.25, 0.3) is 0 Å². The summed E-state index contributed by atoms with van der Waals surface area (Å²) in [6, 6.07) is 28.0. The van der Waals surface area contributed by atoms with Crippen molar-refractivity contribution >= 4 is 0 Å². The predicted octanol–water partition coefficient (Wildman–Crippen LogP) is 4.93. The first kappa shape index (κ1) is 32.1. The van der Waals surface area contributed by atoms with E-state index in [1.54, 1.807) is 0 Å². The zero-order chi connectivity index (χ0) is 29.6. The third-order valence-electron chi connectivity index (χ3n) is 7.78. The Morgan fingerprint density at radius 2 is 1.50 bits per heavy atom. The van der Waals surface area contributed by atoms with Gasteiger partial charge in [-0.15, -0.1) is 0 Å². The molecule has 3 N–H and O–H groups in total. The van der Waals surface area contributed by atoms with Crippen molar-refractivity contribution in [1.82, 2.24) is 4.90 Å².